The molecule has 0 N–H and O–H groups in total. The summed E-state index contributed by atoms with van der Waals surface area (Å²) in [6.45, 7) is 2.09. The van der Waals surface area contributed by atoms with Crippen LogP contribution in [0.2, 0.25) is 5.02 Å². The lowest BCUT2D eigenvalue weighted by atomic mass is 9.88. The molecule has 4 rings (SSSR count). The Morgan fingerprint density at radius 2 is 1.44 bits per heavy atom. The Bertz CT molecular complexity index is 963. The number of rotatable bonds is 5. The van der Waals surface area contributed by atoms with Gasteiger partial charge in [-0.1, -0.05) is 71.8 Å². The molecule has 3 nitrogen and oxygen atoms in total. The van der Waals surface area contributed by atoms with E-state index in [1.54, 1.807) is 0 Å². The minimum atomic E-state index is 0.118. The van der Waals surface area contributed by atoms with Gasteiger partial charge in [-0.3, -0.25) is 0 Å². The van der Waals surface area contributed by atoms with Crippen molar-refractivity contribution in [2.75, 3.05) is 0 Å². The molecule has 0 saturated carbocycles. The second-order valence-corrected chi connectivity index (χ2v) is 7.02. The van der Waals surface area contributed by atoms with Crippen molar-refractivity contribution < 1.29 is 4.42 Å². The Labute approximate surface area is 163 Å². The van der Waals surface area contributed by atoms with Crippen molar-refractivity contribution in [1.29, 1.82) is 0 Å². The van der Waals surface area contributed by atoms with Crippen LogP contribution in [-0.4, -0.2) is 10.2 Å². The van der Waals surface area contributed by atoms with E-state index in [4.69, 9.17) is 16.0 Å². The second-order valence-electron chi connectivity index (χ2n) is 6.59. The van der Waals surface area contributed by atoms with Gasteiger partial charge < -0.3 is 4.42 Å². The second kappa shape index (κ2) is 7.77. The lowest BCUT2D eigenvalue weighted by Crippen LogP contribution is -2.05. The summed E-state index contributed by atoms with van der Waals surface area (Å²) in [5.74, 6) is 1.28. The molecule has 0 saturated heterocycles. The largest absolute Gasteiger partial charge is 0.421 e. The fourth-order valence-corrected chi connectivity index (χ4v) is 3.26. The lowest BCUT2D eigenvalue weighted by Gasteiger charge is -2.16. The number of aryl methyl sites for hydroxylation is 1. The molecular formula is C23H19ClN2O. The van der Waals surface area contributed by atoms with Gasteiger partial charge >= 0.3 is 0 Å². The summed E-state index contributed by atoms with van der Waals surface area (Å²) in [6, 6.07) is 26.3. The first-order chi connectivity index (χ1) is 13.2. The van der Waals surface area contributed by atoms with Gasteiger partial charge in [0.15, 0.2) is 0 Å². The van der Waals surface area contributed by atoms with Crippen molar-refractivity contribution >= 4 is 11.6 Å². The Balaban J connectivity index is 1.66. The summed E-state index contributed by atoms with van der Waals surface area (Å²) < 4.78 is 5.94. The molecule has 27 heavy (non-hydrogen) atoms. The van der Waals surface area contributed by atoms with Crippen LogP contribution in [0, 0.1) is 6.92 Å². The maximum atomic E-state index is 6.07. The highest BCUT2D eigenvalue weighted by Crippen LogP contribution is 2.30. The topological polar surface area (TPSA) is 38.9 Å². The third-order valence-electron chi connectivity index (χ3n) is 4.62. The number of aromatic nitrogens is 2. The normalized spacial score (nSPS) is 12.1. The van der Waals surface area contributed by atoms with Crippen molar-refractivity contribution in [3.05, 3.63) is 106 Å². The molecule has 134 valence electrons. The van der Waals surface area contributed by atoms with Crippen LogP contribution in [0.4, 0.5) is 0 Å². The Kier molecular flexibility index (Phi) is 5.03. The van der Waals surface area contributed by atoms with E-state index in [1.807, 2.05) is 42.5 Å². The quantitative estimate of drug-likeness (QED) is 0.425. The van der Waals surface area contributed by atoms with Gasteiger partial charge in [-0.2, -0.15) is 0 Å². The third kappa shape index (κ3) is 4.09. The van der Waals surface area contributed by atoms with Crippen LogP contribution in [0.1, 0.15) is 28.5 Å². The predicted octanol–water partition coefficient (Wildman–Crippen LogP) is 6.07. The Morgan fingerprint density at radius 1 is 0.815 bits per heavy atom. The molecule has 1 heterocycles. The van der Waals surface area contributed by atoms with Crippen molar-refractivity contribution in [1.82, 2.24) is 10.2 Å². The van der Waals surface area contributed by atoms with Gasteiger partial charge in [-0.15, -0.1) is 10.2 Å². The monoisotopic (exact) mass is 374 g/mol. The molecule has 4 aromatic rings. The van der Waals surface area contributed by atoms with Crippen molar-refractivity contribution in [3.63, 3.8) is 0 Å². The number of hydrogen-bond acceptors (Lipinski definition) is 3. The molecule has 1 atom stereocenters. The molecule has 0 spiro atoms. The molecule has 3 aromatic carbocycles. The highest BCUT2D eigenvalue weighted by Gasteiger charge is 2.19. The van der Waals surface area contributed by atoms with Crippen LogP contribution >= 0.6 is 11.6 Å². The first-order valence-electron chi connectivity index (χ1n) is 8.89. The van der Waals surface area contributed by atoms with Crippen molar-refractivity contribution in [2.24, 2.45) is 0 Å². The van der Waals surface area contributed by atoms with E-state index in [-0.39, 0.29) is 5.92 Å². The maximum absolute atomic E-state index is 6.07. The molecule has 0 amide bonds. The summed E-state index contributed by atoms with van der Waals surface area (Å²) in [7, 11) is 0. The molecular weight excluding hydrogens is 356 g/mol. The standard InChI is InChI=1S/C23H19ClN2O/c1-16-7-9-17(10-8-16)21(18-11-13-20(24)14-12-18)15-22-25-26-23(27-22)19-5-3-2-4-6-19/h2-14,21H,15H2,1H3. The molecule has 0 radical (unpaired) electrons. The number of nitrogens with zero attached hydrogens (tertiary/aromatic N) is 2. The summed E-state index contributed by atoms with van der Waals surface area (Å²) in [6.07, 6.45) is 0.629. The molecule has 0 aliphatic carbocycles. The highest BCUT2D eigenvalue weighted by atomic mass is 35.5. The summed E-state index contributed by atoms with van der Waals surface area (Å²) in [5.41, 5.74) is 4.54. The zero-order chi connectivity index (χ0) is 18.6. The first kappa shape index (κ1) is 17.5. The zero-order valence-corrected chi connectivity index (χ0v) is 15.7. The average molecular weight is 375 g/mol. The lowest BCUT2D eigenvalue weighted by molar-refractivity contribution is 0.493. The minimum absolute atomic E-state index is 0.118. The highest BCUT2D eigenvalue weighted by molar-refractivity contribution is 6.30. The summed E-state index contributed by atoms with van der Waals surface area (Å²) in [4.78, 5) is 0. The summed E-state index contributed by atoms with van der Waals surface area (Å²) in [5, 5.41) is 9.22. The number of hydrogen-bond donors (Lipinski definition) is 0. The average Bonchev–Trinajstić information content (AvgIpc) is 3.17. The van der Waals surface area contributed by atoms with Crippen LogP contribution in [0.25, 0.3) is 11.5 Å². The first-order valence-corrected chi connectivity index (χ1v) is 9.26. The third-order valence-corrected chi connectivity index (χ3v) is 4.87. The van der Waals surface area contributed by atoms with Crippen molar-refractivity contribution in [2.45, 2.75) is 19.3 Å². The molecule has 0 bridgehead atoms. The maximum Gasteiger partial charge on any atom is 0.247 e. The Morgan fingerprint density at radius 3 is 2.11 bits per heavy atom. The predicted molar refractivity (Wildman–Crippen MR) is 108 cm³/mol. The zero-order valence-electron chi connectivity index (χ0n) is 15.0. The molecule has 1 unspecified atom stereocenters. The van der Waals surface area contributed by atoms with Crippen molar-refractivity contribution in [3.8, 4) is 11.5 Å². The van der Waals surface area contributed by atoms with Gasteiger partial charge in [0.2, 0.25) is 11.8 Å². The SMILES string of the molecule is Cc1ccc(C(Cc2nnc(-c3ccccc3)o2)c2ccc(Cl)cc2)cc1. The van der Waals surface area contributed by atoms with Gasteiger partial charge in [-0.25, -0.2) is 0 Å². The fraction of sp³-hybridized carbons (Fsp3) is 0.130. The smallest absolute Gasteiger partial charge is 0.247 e. The van der Waals surface area contributed by atoms with Crippen LogP contribution in [0.15, 0.2) is 83.3 Å². The van der Waals surface area contributed by atoms with E-state index in [0.717, 1.165) is 10.6 Å². The van der Waals surface area contributed by atoms with Gasteiger partial charge in [0.25, 0.3) is 0 Å². The van der Waals surface area contributed by atoms with E-state index < -0.39 is 0 Å². The van der Waals surface area contributed by atoms with Crippen LogP contribution in [0.5, 0.6) is 0 Å². The van der Waals surface area contributed by atoms with Gasteiger partial charge in [-0.05, 0) is 42.3 Å². The summed E-state index contributed by atoms with van der Waals surface area (Å²) >= 11 is 6.07. The van der Waals surface area contributed by atoms with E-state index in [0.29, 0.717) is 18.2 Å². The Hall–Kier alpha value is -2.91. The van der Waals surface area contributed by atoms with E-state index >= 15 is 0 Å². The number of halogens is 1. The molecule has 0 aliphatic heterocycles. The number of benzene rings is 3. The van der Waals surface area contributed by atoms with Gasteiger partial charge in [0.1, 0.15) is 0 Å². The molecule has 4 heteroatoms. The van der Waals surface area contributed by atoms with Crippen LogP contribution in [-0.2, 0) is 6.42 Å². The van der Waals surface area contributed by atoms with Gasteiger partial charge in [0, 0.05) is 22.9 Å². The van der Waals surface area contributed by atoms with Crippen LogP contribution < -0.4 is 0 Å². The molecule has 0 fully saturated rings. The minimum Gasteiger partial charge on any atom is -0.421 e. The molecule has 1 aromatic heterocycles. The van der Waals surface area contributed by atoms with E-state index in [2.05, 4.69) is 53.5 Å². The fourth-order valence-electron chi connectivity index (χ4n) is 3.13. The van der Waals surface area contributed by atoms with E-state index in [1.165, 1.54) is 16.7 Å². The van der Waals surface area contributed by atoms with E-state index in [9.17, 15) is 0 Å². The molecule has 0 aliphatic rings. The van der Waals surface area contributed by atoms with Gasteiger partial charge in [0.05, 0.1) is 0 Å². The van der Waals surface area contributed by atoms with Crippen LogP contribution in [0.3, 0.4) is 0 Å².